The monoisotopic (exact) mass is 378 g/mol. The van der Waals surface area contributed by atoms with E-state index in [1.807, 2.05) is 11.9 Å². The number of hydrogen-bond donors (Lipinski definition) is 4. The van der Waals surface area contributed by atoms with Gasteiger partial charge >= 0.3 is 11.9 Å². The molecule has 0 unspecified atom stereocenters. The first kappa shape index (κ1) is 20.0. The Labute approximate surface area is 153 Å². The molecule has 0 aliphatic rings. The molecule has 1 aromatic carbocycles. The van der Waals surface area contributed by atoms with Gasteiger partial charge in [0.05, 0.1) is 6.61 Å². The molecule has 0 aliphatic carbocycles. The summed E-state index contributed by atoms with van der Waals surface area (Å²) in [6.07, 6.45) is 2.53. The molecule has 0 saturated heterocycles. The van der Waals surface area contributed by atoms with Crippen LogP contribution >= 0.6 is 0 Å². The van der Waals surface area contributed by atoms with Crippen LogP contribution in [-0.2, 0) is 0 Å². The number of anilines is 1. The van der Waals surface area contributed by atoms with Crippen LogP contribution in [0.1, 0.15) is 46.9 Å². The Balaban J connectivity index is 2.65. The van der Waals surface area contributed by atoms with Crippen molar-refractivity contribution in [1.82, 2.24) is 4.98 Å². The fourth-order valence-electron chi connectivity index (χ4n) is 2.64. The Morgan fingerprint density at radius 3 is 2.44 bits per heavy atom. The minimum Gasteiger partial charge on any atom is -0.490 e. The van der Waals surface area contributed by atoms with Crippen molar-refractivity contribution >= 4 is 17.8 Å². The summed E-state index contributed by atoms with van der Waals surface area (Å²) in [5, 5.41) is 18.8. The standard InChI is InChI=1S/C18H19FN2O6/c1-2-3-4-7-27-11-8-9(5-6-10(11)19)12-13(17(23)24)15(20)21-16(22)14(12)18(25)26/h5-6,8H,2-4,7H2,1H3,(H,23,24)(H,25,26)(H3,20,21,22). The van der Waals surface area contributed by atoms with Crippen LogP contribution in [0.3, 0.4) is 0 Å². The van der Waals surface area contributed by atoms with Gasteiger partial charge < -0.3 is 25.7 Å². The summed E-state index contributed by atoms with van der Waals surface area (Å²) in [6.45, 7) is 2.24. The van der Waals surface area contributed by atoms with Gasteiger partial charge in [0.1, 0.15) is 16.9 Å². The van der Waals surface area contributed by atoms with Gasteiger partial charge in [0.2, 0.25) is 0 Å². The number of carbonyl (C=O) groups is 2. The molecule has 5 N–H and O–H groups in total. The van der Waals surface area contributed by atoms with Gasteiger partial charge in [-0.1, -0.05) is 25.8 Å². The highest BCUT2D eigenvalue weighted by molar-refractivity contribution is 6.07. The largest absolute Gasteiger partial charge is 0.490 e. The van der Waals surface area contributed by atoms with E-state index < -0.39 is 45.8 Å². The number of pyridine rings is 1. The van der Waals surface area contributed by atoms with Crippen molar-refractivity contribution in [1.29, 1.82) is 0 Å². The Kier molecular flexibility index (Phi) is 6.17. The number of unbranched alkanes of at least 4 members (excludes halogenated alkanes) is 2. The summed E-state index contributed by atoms with van der Waals surface area (Å²) in [5.41, 5.74) is 2.71. The van der Waals surface area contributed by atoms with E-state index in [0.717, 1.165) is 25.0 Å². The van der Waals surface area contributed by atoms with Crippen molar-refractivity contribution < 1.29 is 28.9 Å². The Bertz CT molecular complexity index is 938. The average Bonchev–Trinajstić information content (AvgIpc) is 2.58. The lowest BCUT2D eigenvalue weighted by Crippen LogP contribution is -2.24. The third-order valence-corrected chi connectivity index (χ3v) is 3.90. The number of halogens is 1. The number of aromatic nitrogens is 1. The van der Waals surface area contributed by atoms with Crippen LogP contribution in [0.2, 0.25) is 0 Å². The van der Waals surface area contributed by atoms with Gasteiger partial charge in [-0.3, -0.25) is 4.79 Å². The number of nitrogens with two attached hydrogens (primary N) is 1. The molecular formula is C18H19FN2O6. The number of H-pyrrole nitrogens is 1. The summed E-state index contributed by atoms with van der Waals surface area (Å²) in [5.74, 6) is -4.53. The van der Waals surface area contributed by atoms with E-state index >= 15 is 0 Å². The average molecular weight is 378 g/mol. The summed E-state index contributed by atoms with van der Waals surface area (Å²) in [4.78, 5) is 37.2. The molecule has 8 nitrogen and oxygen atoms in total. The van der Waals surface area contributed by atoms with E-state index in [-0.39, 0.29) is 17.9 Å². The molecule has 0 bridgehead atoms. The smallest absolute Gasteiger partial charge is 0.342 e. The minimum absolute atomic E-state index is 0.00510. The molecule has 1 heterocycles. The van der Waals surface area contributed by atoms with Gasteiger partial charge in [-0.25, -0.2) is 14.0 Å². The molecule has 144 valence electrons. The summed E-state index contributed by atoms with van der Waals surface area (Å²) in [7, 11) is 0. The molecule has 27 heavy (non-hydrogen) atoms. The second-order valence-corrected chi connectivity index (χ2v) is 5.80. The highest BCUT2D eigenvalue weighted by atomic mass is 19.1. The molecule has 1 aromatic heterocycles. The number of ether oxygens (including phenoxy) is 1. The maximum atomic E-state index is 14.0. The number of rotatable bonds is 8. The lowest BCUT2D eigenvalue weighted by molar-refractivity contribution is 0.0695. The van der Waals surface area contributed by atoms with Crippen molar-refractivity contribution in [3.63, 3.8) is 0 Å². The van der Waals surface area contributed by atoms with Crippen molar-refractivity contribution in [2.24, 2.45) is 0 Å². The molecular weight excluding hydrogens is 359 g/mol. The van der Waals surface area contributed by atoms with Gasteiger partial charge in [-0.05, 0) is 24.1 Å². The zero-order valence-corrected chi connectivity index (χ0v) is 14.5. The lowest BCUT2D eigenvalue weighted by Gasteiger charge is -2.14. The molecule has 0 fully saturated rings. The predicted molar refractivity (Wildman–Crippen MR) is 95.8 cm³/mol. The van der Waals surface area contributed by atoms with Crippen molar-refractivity contribution in [3.05, 3.63) is 45.5 Å². The van der Waals surface area contributed by atoms with E-state index in [1.165, 1.54) is 6.07 Å². The molecule has 0 aliphatic heterocycles. The van der Waals surface area contributed by atoms with Gasteiger partial charge in [-0.2, -0.15) is 0 Å². The fraction of sp³-hybridized carbons (Fsp3) is 0.278. The number of aromatic carboxylic acids is 2. The lowest BCUT2D eigenvalue weighted by atomic mass is 9.95. The Morgan fingerprint density at radius 2 is 1.85 bits per heavy atom. The predicted octanol–water partition coefficient (Wildman–Crippen LogP) is 2.73. The van der Waals surface area contributed by atoms with Gasteiger partial charge in [-0.15, -0.1) is 0 Å². The van der Waals surface area contributed by atoms with Gasteiger partial charge in [0.15, 0.2) is 11.6 Å². The molecule has 0 amide bonds. The maximum absolute atomic E-state index is 14.0. The zero-order valence-electron chi connectivity index (χ0n) is 14.5. The third-order valence-electron chi connectivity index (χ3n) is 3.90. The van der Waals surface area contributed by atoms with Gasteiger partial charge in [0.25, 0.3) is 5.56 Å². The highest BCUT2D eigenvalue weighted by Gasteiger charge is 2.27. The minimum atomic E-state index is -1.64. The first-order valence-electron chi connectivity index (χ1n) is 8.23. The van der Waals surface area contributed by atoms with Gasteiger partial charge in [0, 0.05) is 5.56 Å². The first-order chi connectivity index (χ1) is 12.8. The van der Waals surface area contributed by atoms with E-state index in [2.05, 4.69) is 0 Å². The molecule has 2 rings (SSSR count). The summed E-state index contributed by atoms with van der Waals surface area (Å²) < 4.78 is 19.4. The number of aromatic amines is 1. The zero-order chi connectivity index (χ0) is 20.1. The molecule has 0 atom stereocenters. The molecule has 0 spiro atoms. The number of nitrogens with one attached hydrogen (secondary N) is 1. The van der Waals surface area contributed by atoms with Crippen LogP contribution in [-0.4, -0.2) is 33.7 Å². The van der Waals surface area contributed by atoms with Crippen LogP contribution in [0.4, 0.5) is 10.2 Å². The van der Waals surface area contributed by atoms with E-state index in [1.54, 1.807) is 0 Å². The second kappa shape index (κ2) is 8.35. The number of hydrogen-bond acceptors (Lipinski definition) is 5. The molecule has 9 heteroatoms. The molecule has 0 radical (unpaired) electrons. The van der Waals surface area contributed by atoms with Crippen molar-refractivity contribution in [3.8, 4) is 16.9 Å². The van der Waals surface area contributed by atoms with E-state index in [9.17, 15) is 29.0 Å². The van der Waals surface area contributed by atoms with Crippen molar-refractivity contribution in [2.75, 3.05) is 12.3 Å². The normalized spacial score (nSPS) is 10.6. The Morgan fingerprint density at radius 1 is 1.19 bits per heavy atom. The maximum Gasteiger partial charge on any atom is 0.342 e. The summed E-state index contributed by atoms with van der Waals surface area (Å²) in [6, 6.07) is 3.34. The fourth-order valence-corrected chi connectivity index (χ4v) is 2.64. The van der Waals surface area contributed by atoms with E-state index in [4.69, 9.17) is 10.5 Å². The van der Waals surface area contributed by atoms with Crippen LogP contribution in [0.15, 0.2) is 23.0 Å². The SMILES string of the molecule is CCCCCOc1cc(-c2c(C(=O)O)c(N)[nH]c(=O)c2C(=O)O)ccc1F. The third kappa shape index (κ3) is 4.25. The van der Waals surface area contributed by atoms with Crippen LogP contribution < -0.4 is 16.0 Å². The molecule has 0 saturated carbocycles. The quantitative estimate of drug-likeness (QED) is 0.517. The number of carboxylic acids is 2. The van der Waals surface area contributed by atoms with Crippen LogP contribution in [0.25, 0.3) is 11.1 Å². The second-order valence-electron chi connectivity index (χ2n) is 5.80. The highest BCUT2D eigenvalue weighted by Crippen LogP contribution is 2.32. The first-order valence-corrected chi connectivity index (χ1v) is 8.23. The number of nitrogen functional groups attached to an aromatic ring is 1. The van der Waals surface area contributed by atoms with E-state index in [0.29, 0.717) is 6.42 Å². The van der Waals surface area contributed by atoms with Crippen LogP contribution in [0, 0.1) is 5.82 Å². The number of benzene rings is 1. The summed E-state index contributed by atoms with van der Waals surface area (Å²) >= 11 is 0. The van der Waals surface area contributed by atoms with Crippen LogP contribution in [0.5, 0.6) is 5.75 Å². The van der Waals surface area contributed by atoms with Crippen molar-refractivity contribution in [2.45, 2.75) is 26.2 Å². The molecule has 2 aromatic rings. The topological polar surface area (TPSA) is 143 Å². The Hall–Kier alpha value is -3.36. The number of carboxylic acid groups (broad SMARTS) is 2.